The number of carbonyl (C=O) groups is 2. The Labute approximate surface area is 179 Å². The number of morpholine rings is 1. The van der Waals surface area contributed by atoms with E-state index in [1.807, 2.05) is 25.1 Å². The van der Waals surface area contributed by atoms with Gasteiger partial charge < -0.3 is 20.4 Å². The lowest BCUT2D eigenvalue weighted by Crippen LogP contribution is -2.38. The van der Waals surface area contributed by atoms with E-state index in [2.05, 4.69) is 20.5 Å². The molecular formula is C23H25FN4O3. The van der Waals surface area contributed by atoms with Crippen molar-refractivity contribution < 1.29 is 18.7 Å². The van der Waals surface area contributed by atoms with Crippen LogP contribution in [0.1, 0.15) is 22.5 Å². The van der Waals surface area contributed by atoms with Crippen molar-refractivity contribution in [1.29, 1.82) is 0 Å². The summed E-state index contributed by atoms with van der Waals surface area (Å²) in [7, 11) is 0. The molecule has 1 aromatic heterocycles. The molecule has 0 aliphatic carbocycles. The van der Waals surface area contributed by atoms with Crippen molar-refractivity contribution in [1.82, 2.24) is 9.88 Å². The van der Waals surface area contributed by atoms with E-state index in [4.69, 9.17) is 4.74 Å². The summed E-state index contributed by atoms with van der Waals surface area (Å²) in [6.07, 6.45) is 0.254. The molecule has 8 heteroatoms. The third-order valence-corrected chi connectivity index (χ3v) is 5.28. The highest BCUT2D eigenvalue weighted by Gasteiger charge is 2.15. The number of hydrogen-bond donors (Lipinski definition) is 3. The largest absolute Gasteiger partial charge is 0.379 e. The van der Waals surface area contributed by atoms with Crippen LogP contribution in [0.4, 0.5) is 15.8 Å². The van der Waals surface area contributed by atoms with Crippen LogP contribution >= 0.6 is 0 Å². The van der Waals surface area contributed by atoms with Crippen molar-refractivity contribution in [3.05, 3.63) is 59.5 Å². The number of carbonyl (C=O) groups excluding carboxylic acids is 2. The van der Waals surface area contributed by atoms with Gasteiger partial charge in [0.05, 0.1) is 18.9 Å². The van der Waals surface area contributed by atoms with Gasteiger partial charge in [-0.05, 0) is 42.8 Å². The molecule has 3 N–H and O–H groups in total. The van der Waals surface area contributed by atoms with E-state index < -0.39 is 5.82 Å². The Balaban J connectivity index is 1.39. The van der Waals surface area contributed by atoms with Crippen molar-refractivity contribution in [2.75, 3.05) is 43.5 Å². The lowest BCUT2D eigenvalue weighted by Gasteiger charge is -2.26. The van der Waals surface area contributed by atoms with Gasteiger partial charge in [0.2, 0.25) is 5.91 Å². The van der Waals surface area contributed by atoms with Crippen molar-refractivity contribution in [3.63, 3.8) is 0 Å². The molecule has 7 nitrogen and oxygen atoms in total. The van der Waals surface area contributed by atoms with Gasteiger partial charge in [-0.15, -0.1) is 0 Å². The molecule has 31 heavy (non-hydrogen) atoms. The van der Waals surface area contributed by atoms with E-state index in [9.17, 15) is 14.0 Å². The van der Waals surface area contributed by atoms with E-state index in [1.165, 1.54) is 18.2 Å². The summed E-state index contributed by atoms with van der Waals surface area (Å²) in [5, 5.41) is 6.28. The molecule has 0 radical (unpaired) electrons. The summed E-state index contributed by atoms with van der Waals surface area (Å²) in [4.78, 5) is 30.1. The van der Waals surface area contributed by atoms with Gasteiger partial charge in [0, 0.05) is 42.6 Å². The Hall–Kier alpha value is -3.23. The second-order valence-electron chi connectivity index (χ2n) is 7.67. The van der Waals surface area contributed by atoms with Crippen LogP contribution in [0.25, 0.3) is 10.9 Å². The number of ether oxygens (including phenoxy) is 1. The first-order chi connectivity index (χ1) is 15.0. The quantitative estimate of drug-likeness (QED) is 0.565. The normalized spacial score (nSPS) is 14.5. The van der Waals surface area contributed by atoms with Gasteiger partial charge in [-0.3, -0.25) is 14.5 Å². The highest BCUT2D eigenvalue weighted by Crippen LogP contribution is 2.22. The smallest absolute Gasteiger partial charge is 0.272 e. The van der Waals surface area contributed by atoms with E-state index in [-0.39, 0.29) is 23.9 Å². The Bertz CT molecular complexity index is 1110. The molecule has 2 amide bonds. The molecule has 162 valence electrons. The number of nitrogens with zero attached hydrogens (tertiary/aromatic N) is 1. The standard InChI is InChI=1S/C23H25FN4O3/c1-15-2-3-16-13-21(26-19(16)12-15)23(30)25-17-4-5-18(24)20(14-17)27-22(29)6-7-28-8-10-31-11-9-28/h2-5,12-14,26H,6-11H2,1H3,(H,25,30)(H,27,29). The monoisotopic (exact) mass is 424 g/mol. The minimum atomic E-state index is -0.557. The summed E-state index contributed by atoms with van der Waals surface area (Å²) in [5.41, 5.74) is 2.80. The van der Waals surface area contributed by atoms with Gasteiger partial charge in [0.15, 0.2) is 0 Å². The highest BCUT2D eigenvalue weighted by atomic mass is 19.1. The average Bonchev–Trinajstić information content (AvgIpc) is 3.19. The maximum absolute atomic E-state index is 14.2. The van der Waals surface area contributed by atoms with Crippen molar-refractivity contribution in [2.24, 2.45) is 0 Å². The van der Waals surface area contributed by atoms with Crippen LogP contribution in [0.15, 0.2) is 42.5 Å². The molecular weight excluding hydrogens is 399 g/mol. The molecule has 0 atom stereocenters. The molecule has 1 aliphatic rings. The molecule has 1 aliphatic heterocycles. The number of hydrogen-bond acceptors (Lipinski definition) is 4. The van der Waals surface area contributed by atoms with Gasteiger partial charge in [-0.1, -0.05) is 12.1 Å². The Morgan fingerprint density at radius 3 is 2.71 bits per heavy atom. The van der Waals surface area contributed by atoms with Crippen LogP contribution in [0, 0.1) is 12.7 Å². The van der Waals surface area contributed by atoms with Crippen LogP contribution in [0.5, 0.6) is 0 Å². The van der Waals surface area contributed by atoms with E-state index in [1.54, 1.807) is 6.07 Å². The second kappa shape index (κ2) is 9.28. The maximum atomic E-state index is 14.2. The number of anilines is 2. The lowest BCUT2D eigenvalue weighted by molar-refractivity contribution is -0.116. The summed E-state index contributed by atoms with van der Waals surface area (Å²) in [6.45, 7) is 5.47. The van der Waals surface area contributed by atoms with Crippen LogP contribution in [0.2, 0.25) is 0 Å². The van der Waals surface area contributed by atoms with E-state index in [0.717, 1.165) is 29.6 Å². The molecule has 0 unspecified atom stereocenters. The molecule has 2 aromatic carbocycles. The lowest BCUT2D eigenvalue weighted by atomic mass is 10.2. The molecule has 0 spiro atoms. The van der Waals surface area contributed by atoms with Crippen LogP contribution in [-0.4, -0.2) is 54.5 Å². The number of fused-ring (bicyclic) bond motifs is 1. The summed E-state index contributed by atoms with van der Waals surface area (Å²) >= 11 is 0. The number of aromatic amines is 1. The first-order valence-corrected chi connectivity index (χ1v) is 10.3. The van der Waals surface area contributed by atoms with Crippen LogP contribution in [0.3, 0.4) is 0 Å². The molecule has 2 heterocycles. The fraction of sp³-hybridized carbons (Fsp3) is 0.304. The predicted octanol–water partition coefficient (Wildman–Crippen LogP) is 3.53. The fourth-order valence-electron chi connectivity index (χ4n) is 3.56. The van der Waals surface area contributed by atoms with E-state index >= 15 is 0 Å². The Kier molecular flexibility index (Phi) is 6.29. The molecule has 4 rings (SSSR count). The van der Waals surface area contributed by atoms with Gasteiger partial charge in [0.1, 0.15) is 11.5 Å². The SMILES string of the molecule is Cc1ccc2cc(C(=O)Nc3ccc(F)c(NC(=O)CCN4CCOCC4)c3)[nH]c2c1. The van der Waals surface area contributed by atoms with Crippen molar-refractivity contribution in [2.45, 2.75) is 13.3 Å². The number of aryl methyl sites for hydroxylation is 1. The number of H-pyrrole nitrogens is 1. The van der Waals surface area contributed by atoms with Gasteiger partial charge in [0.25, 0.3) is 5.91 Å². The third-order valence-electron chi connectivity index (χ3n) is 5.28. The zero-order valence-corrected chi connectivity index (χ0v) is 17.3. The zero-order chi connectivity index (χ0) is 21.8. The molecule has 0 bridgehead atoms. The van der Waals surface area contributed by atoms with Gasteiger partial charge in [-0.25, -0.2) is 4.39 Å². The minimum Gasteiger partial charge on any atom is -0.379 e. The van der Waals surface area contributed by atoms with Crippen LogP contribution in [-0.2, 0) is 9.53 Å². The third kappa shape index (κ3) is 5.28. The number of halogens is 1. The number of aromatic nitrogens is 1. The minimum absolute atomic E-state index is 0.0389. The van der Waals surface area contributed by atoms with Crippen molar-refractivity contribution in [3.8, 4) is 0 Å². The van der Waals surface area contributed by atoms with E-state index in [0.29, 0.717) is 31.1 Å². The first kappa shape index (κ1) is 21.0. The molecule has 0 saturated carbocycles. The molecule has 1 saturated heterocycles. The number of nitrogens with one attached hydrogen (secondary N) is 3. The van der Waals surface area contributed by atoms with Gasteiger partial charge in [-0.2, -0.15) is 0 Å². The fourth-order valence-corrected chi connectivity index (χ4v) is 3.56. The van der Waals surface area contributed by atoms with Gasteiger partial charge >= 0.3 is 0 Å². The Morgan fingerprint density at radius 1 is 1.10 bits per heavy atom. The maximum Gasteiger partial charge on any atom is 0.272 e. The summed E-state index contributed by atoms with van der Waals surface area (Å²) in [6, 6.07) is 11.8. The Morgan fingerprint density at radius 2 is 1.90 bits per heavy atom. The number of amides is 2. The number of rotatable bonds is 6. The average molecular weight is 424 g/mol. The number of benzene rings is 2. The first-order valence-electron chi connectivity index (χ1n) is 10.3. The highest BCUT2D eigenvalue weighted by molar-refractivity contribution is 6.06. The molecule has 3 aromatic rings. The summed E-state index contributed by atoms with van der Waals surface area (Å²) < 4.78 is 19.5. The predicted molar refractivity (Wildman–Crippen MR) is 118 cm³/mol. The zero-order valence-electron chi connectivity index (χ0n) is 17.3. The summed E-state index contributed by atoms with van der Waals surface area (Å²) in [5.74, 6) is -1.18. The van der Waals surface area contributed by atoms with Crippen LogP contribution < -0.4 is 10.6 Å². The molecule has 1 fully saturated rings. The topological polar surface area (TPSA) is 86.5 Å². The second-order valence-corrected chi connectivity index (χ2v) is 7.67. The van der Waals surface area contributed by atoms with Crippen molar-refractivity contribution >= 4 is 34.1 Å².